The zero-order valence-electron chi connectivity index (χ0n) is 27.5. The number of carbonyl (C=O) groups excluding carboxylic acids is 2. The first-order valence-corrected chi connectivity index (χ1v) is 16.5. The van der Waals surface area contributed by atoms with Crippen LogP contribution in [-0.2, 0) is 45.1 Å². The van der Waals surface area contributed by atoms with Crippen molar-refractivity contribution in [1.29, 1.82) is 0 Å². The highest BCUT2D eigenvalue weighted by Gasteiger charge is 2.44. The number of rotatable bonds is 13. The van der Waals surface area contributed by atoms with Crippen LogP contribution in [0.4, 0.5) is 17.6 Å². The van der Waals surface area contributed by atoms with Gasteiger partial charge in [-0.15, -0.1) is 0 Å². The van der Waals surface area contributed by atoms with Crippen molar-refractivity contribution < 1.29 is 57.1 Å². The number of aliphatic hydroxyl groups is 4. The molecule has 2 amide bonds. The Bertz CT molecular complexity index is 1790. The predicted octanol–water partition coefficient (Wildman–Crippen LogP) is 2.98. The van der Waals surface area contributed by atoms with Gasteiger partial charge in [-0.2, -0.15) is 0 Å². The Balaban J connectivity index is 1.28. The highest BCUT2D eigenvalue weighted by Crippen LogP contribution is 2.33. The average Bonchev–Trinajstić information content (AvgIpc) is 3.61. The van der Waals surface area contributed by atoms with E-state index in [4.69, 9.17) is 9.47 Å². The van der Waals surface area contributed by atoms with Gasteiger partial charge in [0, 0.05) is 12.8 Å². The standard InChI is InChI=1S/C38H36F4N2O8/c39-25-11-9-19(13-27(25)41)17-51-35(37(49)43-31-23-7-3-1-5-21(23)15-29(31)45)33(47)34(48)36(52-18-20-10-12-26(40)28(42)14-20)38(50)44-32-24-8-4-2-6-22(24)16-30(32)46/h1-14,29-36,45-48H,15-18H2,(H,43,49)(H,44,50)/t29-,30-,31+,32?,33-,34-,35-,36-/m1/s1. The summed E-state index contributed by atoms with van der Waals surface area (Å²) in [6.45, 7) is -1.14. The molecule has 0 saturated heterocycles. The second-order valence-corrected chi connectivity index (χ2v) is 12.9. The van der Waals surface area contributed by atoms with Crippen molar-refractivity contribution >= 4 is 11.8 Å². The lowest BCUT2D eigenvalue weighted by molar-refractivity contribution is -0.171. The summed E-state index contributed by atoms with van der Waals surface area (Å²) in [5, 5.41) is 49.9. The minimum atomic E-state index is -2.25. The lowest BCUT2D eigenvalue weighted by Crippen LogP contribution is -2.57. The molecule has 274 valence electrons. The van der Waals surface area contributed by atoms with E-state index in [1.54, 1.807) is 48.5 Å². The van der Waals surface area contributed by atoms with Crippen molar-refractivity contribution in [3.05, 3.63) is 142 Å². The van der Waals surface area contributed by atoms with Crippen molar-refractivity contribution in [3.8, 4) is 0 Å². The summed E-state index contributed by atoms with van der Waals surface area (Å²) in [6, 6.07) is 17.6. The summed E-state index contributed by atoms with van der Waals surface area (Å²) in [7, 11) is 0. The Morgan fingerprint density at radius 3 is 1.38 bits per heavy atom. The van der Waals surface area contributed by atoms with Gasteiger partial charge in [0.05, 0.1) is 37.5 Å². The van der Waals surface area contributed by atoms with Crippen molar-refractivity contribution in [2.75, 3.05) is 0 Å². The number of fused-ring (bicyclic) bond motifs is 2. The largest absolute Gasteiger partial charge is 0.390 e. The van der Waals surface area contributed by atoms with Crippen molar-refractivity contribution in [3.63, 3.8) is 0 Å². The van der Waals surface area contributed by atoms with Gasteiger partial charge < -0.3 is 40.5 Å². The maximum Gasteiger partial charge on any atom is 0.252 e. The third-order valence-electron chi connectivity index (χ3n) is 9.32. The number of hydrogen-bond acceptors (Lipinski definition) is 8. The summed E-state index contributed by atoms with van der Waals surface area (Å²) < 4.78 is 66.7. The van der Waals surface area contributed by atoms with E-state index in [-0.39, 0.29) is 24.0 Å². The molecule has 0 radical (unpaired) electrons. The van der Waals surface area contributed by atoms with E-state index >= 15 is 0 Å². The molecule has 8 atom stereocenters. The second-order valence-electron chi connectivity index (χ2n) is 12.9. The third kappa shape index (κ3) is 8.02. The van der Waals surface area contributed by atoms with E-state index < -0.39 is 97.0 Å². The van der Waals surface area contributed by atoms with Gasteiger partial charge in [0.1, 0.15) is 12.2 Å². The molecule has 4 aromatic carbocycles. The van der Waals surface area contributed by atoms with Crippen molar-refractivity contribution in [2.45, 2.75) is 74.8 Å². The molecule has 0 spiro atoms. The van der Waals surface area contributed by atoms with Crippen LogP contribution in [0.25, 0.3) is 0 Å². The number of halogens is 4. The Morgan fingerprint density at radius 1 is 0.615 bits per heavy atom. The molecule has 14 heteroatoms. The number of aliphatic hydroxyl groups excluding tert-OH is 4. The van der Waals surface area contributed by atoms with Crippen LogP contribution >= 0.6 is 0 Å². The molecule has 4 aromatic rings. The number of hydrogen-bond donors (Lipinski definition) is 6. The zero-order valence-corrected chi connectivity index (χ0v) is 27.5. The van der Waals surface area contributed by atoms with Gasteiger partial charge in [0.25, 0.3) is 11.8 Å². The van der Waals surface area contributed by atoms with Crippen LogP contribution in [0.1, 0.15) is 45.5 Å². The molecular weight excluding hydrogens is 688 g/mol. The van der Waals surface area contributed by atoms with Crippen molar-refractivity contribution in [1.82, 2.24) is 10.6 Å². The Hall–Kier alpha value is -4.70. The molecular formula is C38H36F4N2O8. The fourth-order valence-electron chi connectivity index (χ4n) is 6.61. The van der Waals surface area contributed by atoms with Crippen LogP contribution in [0.5, 0.6) is 0 Å². The fraction of sp³-hybridized carbons (Fsp3) is 0.316. The highest BCUT2D eigenvalue weighted by molar-refractivity contribution is 5.84. The molecule has 52 heavy (non-hydrogen) atoms. The van der Waals surface area contributed by atoms with Gasteiger partial charge >= 0.3 is 0 Å². The quantitative estimate of drug-likeness (QED) is 0.115. The summed E-state index contributed by atoms with van der Waals surface area (Å²) in [6.07, 6.45) is -10.2. The molecule has 0 aliphatic heterocycles. The lowest BCUT2D eigenvalue weighted by atomic mass is 9.99. The molecule has 6 rings (SSSR count). The minimum absolute atomic E-state index is 0.0578. The average molecular weight is 725 g/mol. The van der Waals surface area contributed by atoms with Gasteiger partial charge in [0.15, 0.2) is 35.5 Å². The van der Waals surface area contributed by atoms with Gasteiger partial charge in [-0.1, -0.05) is 60.7 Å². The molecule has 2 aliphatic rings. The van der Waals surface area contributed by atoms with E-state index in [9.17, 15) is 47.6 Å². The lowest BCUT2D eigenvalue weighted by Gasteiger charge is -2.32. The number of carbonyl (C=O) groups is 2. The molecule has 0 saturated carbocycles. The monoisotopic (exact) mass is 724 g/mol. The van der Waals surface area contributed by atoms with Crippen LogP contribution in [0, 0.1) is 23.3 Å². The Morgan fingerprint density at radius 2 is 1.00 bits per heavy atom. The van der Waals surface area contributed by atoms with E-state index in [0.717, 1.165) is 35.4 Å². The molecule has 0 aromatic heterocycles. The Labute approximate surface area is 295 Å². The molecule has 6 N–H and O–H groups in total. The molecule has 10 nitrogen and oxygen atoms in total. The fourth-order valence-corrected chi connectivity index (χ4v) is 6.61. The normalized spacial score (nSPS) is 21.5. The van der Waals surface area contributed by atoms with Crippen molar-refractivity contribution in [2.24, 2.45) is 0 Å². The van der Waals surface area contributed by atoms with E-state index in [1.165, 1.54) is 12.1 Å². The minimum Gasteiger partial charge on any atom is -0.390 e. The molecule has 0 fully saturated rings. The van der Waals surface area contributed by atoms with Gasteiger partial charge in [-0.25, -0.2) is 17.6 Å². The van der Waals surface area contributed by atoms with Gasteiger partial charge in [-0.05, 0) is 57.6 Å². The first kappa shape index (κ1) is 37.1. The van der Waals surface area contributed by atoms with E-state index in [2.05, 4.69) is 10.6 Å². The highest BCUT2D eigenvalue weighted by atomic mass is 19.2. The maximum atomic E-state index is 14.0. The van der Waals surface area contributed by atoms with Crippen LogP contribution in [0.2, 0.25) is 0 Å². The van der Waals surface area contributed by atoms with Crippen LogP contribution in [-0.4, -0.2) is 68.9 Å². The molecule has 1 unspecified atom stereocenters. The van der Waals surface area contributed by atoms with Gasteiger partial charge in [-0.3, -0.25) is 9.59 Å². The Kier molecular flexibility index (Phi) is 11.3. The smallest absolute Gasteiger partial charge is 0.252 e. The van der Waals surface area contributed by atoms with E-state index in [0.29, 0.717) is 11.1 Å². The van der Waals surface area contributed by atoms with Gasteiger partial charge in [0.2, 0.25) is 0 Å². The first-order valence-electron chi connectivity index (χ1n) is 16.5. The maximum absolute atomic E-state index is 14.0. The van der Waals surface area contributed by atoms with Crippen LogP contribution < -0.4 is 10.6 Å². The first-order chi connectivity index (χ1) is 24.9. The topological polar surface area (TPSA) is 158 Å². The SMILES string of the molecule is O=C(NC1c2ccccc2C[C@H]1O)[C@H](OCc1ccc(F)c(F)c1)[C@H](O)[C@@H](O)[C@@H](OCc1ccc(F)c(F)c1)C(=O)N[C@H]1c2ccccc2C[C@H]1O. The number of amides is 2. The summed E-state index contributed by atoms with van der Waals surface area (Å²) in [5.74, 6) is -6.74. The van der Waals surface area contributed by atoms with Crippen LogP contribution in [0.3, 0.4) is 0 Å². The summed E-state index contributed by atoms with van der Waals surface area (Å²) >= 11 is 0. The number of ether oxygens (including phenoxy) is 2. The molecule has 0 bridgehead atoms. The summed E-state index contributed by atoms with van der Waals surface area (Å²) in [4.78, 5) is 27.7. The number of benzene rings is 4. The molecule has 2 aliphatic carbocycles. The number of nitrogens with one attached hydrogen (secondary N) is 2. The van der Waals surface area contributed by atoms with E-state index in [1.807, 2.05) is 0 Å². The summed E-state index contributed by atoms with van der Waals surface area (Å²) in [5.41, 5.74) is 2.83. The molecule has 0 heterocycles. The predicted molar refractivity (Wildman–Crippen MR) is 176 cm³/mol. The second kappa shape index (κ2) is 15.9. The third-order valence-corrected chi connectivity index (χ3v) is 9.32. The van der Waals surface area contributed by atoms with Crippen LogP contribution in [0.15, 0.2) is 84.9 Å². The zero-order chi connectivity index (χ0) is 37.1.